The van der Waals surface area contributed by atoms with Gasteiger partial charge in [0.25, 0.3) is 0 Å². The molecule has 2 aromatic rings. The van der Waals surface area contributed by atoms with Gasteiger partial charge in [0.15, 0.2) is 0 Å². The minimum absolute atomic E-state index is 0.0626. The number of sulfonamides is 1. The van der Waals surface area contributed by atoms with Crippen LogP contribution in [0.15, 0.2) is 60.7 Å². The summed E-state index contributed by atoms with van der Waals surface area (Å²) in [4.78, 5) is 0. The van der Waals surface area contributed by atoms with E-state index < -0.39 is 10.0 Å². The molecule has 4 heteroatoms. The maximum absolute atomic E-state index is 13.6. The van der Waals surface area contributed by atoms with Crippen LogP contribution in [-0.2, 0) is 15.8 Å². The van der Waals surface area contributed by atoms with Crippen molar-refractivity contribution in [1.82, 2.24) is 4.31 Å². The van der Waals surface area contributed by atoms with E-state index in [1.165, 1.54) is 37.7 Å². The molecule has 2 aromatic carbocycles. The predicted molar refractivity (Wildman–Crippen MR) is 120 cm³/mol. The van der Waals surface area contributed by atoms with Crippen molar-refractivity contribution in [1.29, 1.82) is 0 Å². The van der Waals surface area contributed by atoms with E-state index >= 15 is 0 Å². The van der Waals surface area contributed by atoms with Crippen LogP contribution >= 0.6 is 0 Å². The number of benzene rings is 2. The average Bonchev–Trinajstić information content (AvgIpc) is 2.89. The summed E-state index contributed by atoms with van der Waals surface area (Å²) in [5.74, 6) is 0.439. The van der Waals surface area contributed by atoms with E-state index in [4.69, 9.17) is 0 Å². The topological polar surface area (TPSA) is 37.4 Å². The Morgan fingerprint density at radius 3 is 2.24 bits per heavy atom. The largest absolute Gasteiger partial charge is 0.219 e. The summed E-state index contributed by atoms with van der Waals surface area (Å²) in [5, 5.41) is 0. The summed E-state index contributed by atoms with van der Waals surface area (Å²) in [7, 11) is -3.44. The Kier molecular flexibility index (Phi) is 6.51. The molecule has 1 atom stereocenters. The van der Waals surface area contributed by atoms with Crippen LogP contribution in [0.1, 0.15) is 67.7 Å². The molecular formula is C25H31NO2S. The summed E-state index contributed by atoms with van der Waals surface area (Å²) in [5.41, 5.74) is 3.19. The van der Waals surface area contributed by atoms with Crippen LogP contribution in [0.25, 0.3) is 6.08 Å². The van der Waals surface area contributed by atoms with E-state index in [-0.39, 0.29) is 11.8 Å². The standard InChI is InChI=1S/C25H31NO2S/c27-29(28,20-21-12-5-4-6-13-21)26-19-11-17-22-14-9-10-18-24(22)25(26)23-15-7-2-1-3-8-16-23/h4-6,9-14,17-18,23,25H,1-3,7-8,15-16,19-20H2/t25-/m1/s1. The SMILES string of the molecule is O=S(=O)(Cc1ccccc1)N1CC=Cc2ccccc2[C@H]1C1CCCCCCC1. The molecule has 1 aliphatic carbocycles. The van der Waals surface area contributed by atoms with Gasteiger partial charge in [-0.15, -0.1) is 0 Å². The lowest BCUT2D eigenvalue weighted by molar-refractivity contribution is 0.215. The Labute approximate surface area is 175 Å². The Hall–Kier alpha value is -1.91. The molecule has 154 valence electrons. The van der Waals surface area contributed by atoms with Gasteiger partial charge in [-0.3, -0.25) is 0 Å². The Morgan fingerprint density at radius 1 is 0.828 bits per heavy atom. The normalized spacial score (nSPS) is 21.7. The van der Waals surface area contributed by atoms with E-state index in [0.717, 1.165) is 24.0 Å². The summed E-state index contributed by atoms with van der Waals surface area (Å²) in [6.45, 7) is 0.449. The smallest absolute Gasteiger partial charge is 0.212 e. The molecule has 0 bridgehead atoms. The molecule has 0 radical (unpaired) electrons. The first-order valence-electron chi connectivity index (χ1n) is 10.9. The lowest BCUT2D eigenvalue weighted by atomic mass is 9.82. The first-order valence-corrected chi connectivity index (χ1v) is 12.5. The Bertz CT molecular complexity index is 928. The van der Waals surface area contributed by atoms with E-state index in [0.29, 0.717) is 12.5 Å². The lowest BCUT2D eigenvalue weighted by Gasteiger charge is -2.37. The van der Waals surface area contributed by atoms with Gasteiger partial charge in [-0.05, 0) is 35.4 Å². The van der Waals surface area contributed by atoms with Gasteiger partial charge in [-0.25, -0.2) is 8.42 Å². The van der Waals surface area contributed by atoms with E-state index in [1.807, 2.05) is 42.5 Å². The predicted octanol–water partition coefficient (Wildman–Crippen LogP) is 5.95. The van der Waals surface area contributed by atoms with E-state index in [9.17, 15) is 8.42 Å². The maximum atomic E-state index is 13.6. The number of hydrogen-bond acceptors (Lipinski definition) is 2. The van der Waals surface area contributed by atoms with Crippen molar-refractivity contribution in [2.45, 2.75) is 56.7 Å². The molecule has 0 aromatic heterocycles. The highest BCUT2D eigenvalue weighted by Gasteiger charge is 2.37. The molecule has 3 nitrogen and oxygen atoms in total. The van der Waals surface area contributed by atoms with Crippen LogP contribution in [0.4, 0.5) is 0 Å². The van der Waals surface area contributed by atoms with Crippen LogP contribution in [0.3, 0.4) is 0 Å². The highest BCUT2D eigenvalue weighted by molar-refractivity contribution is 7.88. The van der Waals surface area contributed by atoms with Crippen molar-refractivity contribution < 1.29 is 8.42 Å². The minimum Gasteiger partial charge on any atom is -0.212 e. The van der Waals surface area contributed by atoms with E-state index in [1.54, 1.807) is 4.31 Å². The molecule has 0 saturated heterocycles. The summed E-state index contributed by atoms with van der Waals surface area (Å²) < 4.78 is 29.0. The summed E-state index contributed by atoms with van der Waals surface area (Å²) >= 11 is 0. The molecule has 29 heavy (non-hydrogen) atoms. The molecule has 1 heterocycles. The number of rotatable bonds is 4. The van der Waals surface area contributed by atoms with Gasteiger partial charge in [-0.2, -0.15) is 4.31 Å². The Morgan fingerprint density at radius 2 is 1.48 bits per heavy atom. The fourth-order valence-corrected chi connectivity index (χ4v) is 6.66. The first-order chi connectivity index (χ1) is 14.1. The van der Waals surface area contributed by atoms with Gasteiger partial charge in [0, 0.05) is 6.54 Å². The fourth-order valence-electron chi connectivity index (χ4n) is 4.93. The Balaban J connectivity index is 1.72. The molecule has 1 aliphatic heterocycles. The van der Waals surface area contributed by atoms with Gasteiger partial charge in [0.05, 0.1) is 11.8 Å². The number of hydrogen-bond donors (Lipinski definition) is 0. The molecule has 0 unspecified atom stereocenters. The van der Waals surface area contributed by atoms with Crippen molar-refractivity contribution in [3.8, 4) is 0 Å². The van der Waals surface area contributed by atoms with Gasteiger partial charge in [0.2, 0.25) is 10.0 Å². The molecule has 0 spiro atoms. The second kappa shape index (κ2) is 9.27. The van der Waals surface area contributed by atoms with Crippen LogP contribution < -0.4 is 0 Å². The zero-order valence-electron chi connectivity index (χ0n) is 17.0. The average molecular weight is 410 g/mol. The fraction of sp³-hybridized carbons (Fsp3) is 0.440. The first kappa shape index (κ1) is 20.4. The van der Waals surface area contributed by atoms with Crippen molar-refractivity contribution >= 4 is 16.1 Å². The zero-order valence-corrected chi connectivity index (χ0v) is 17.9. The second-order valence-corrected chi connectivity index (χ2v) is 10.3. The molecule has 1 fully saturated rings. The second-order valence-electron chi connectivity index (χ2n) is 8.39. The third-order valence-corrected chi connectivity index (χ3v) is 8.14. The maximum Gasteiger partial charge on any atom is 0.219 e. The van der Waals surface area contributed by atoms with Crippen molar-refractivity contribution in [3.05, 3.63) is 77.4 Å². The molecule has 4 rings (SSSR count). The minimum atomic E-state index is -3.44. The van der Waals surface area contributed by atoms with E-state index in [2.05, 4.69) is 24.3 Å². The summed E-state index contributed by atoms with van der Waals surface area (Å²) in [6, 6.07) is 17.8. The van der Waals surface area contributed by atoms with Crippen LogP contribution in [0, 0.1) is 5.92 Å². The monoisotopic (exact) mass is 409 g/mol. The zero-order chi connectivity index (χ0) is 20.1. The van der Waals surface area contributed by atoms with Crippen molar-refractivity contribution in [2.75, 3.05) is 6.54 Å². The molecule has 2 aliphatic rings. The quantitative estimate of drug-likeness (QED) is 0.626. The molecule has 0 amide bonds. The highest BCUT2D eigenvalue weighted by Crippen LogP contribution is 2.41. The van der Waals surface area contributed by atoms with Crippen LogP contribution in [-0.4, -0.2) is 19.3 Å². The van der Waals surface area contributed by atoms with Gasteiger partial charge < -0.3 is 0 Å². The van der Waals surface area contributed by atoms with Crippen molar-refractivity contribution in [3.63, 3.8) is 0 Å². The van der Waals surface area contributed by atoms with Gasteiger partial charge >= 0.3 is 0 Å². The number of nitrogens with zero attached hydrogens (tertiary/aromatic N) is 1. The highest BCUT2D eigenvalue weighted by atomic mass is 32.2. The van der Waals surface area contributed by atoms with Crippen LogP contribution in [0.5, 0.6) is 0 Å². The summed E-state index contributed by atoms with van der Waals surface area (Å²) in [6.07, 6.45) is 12.6. The molecule has 1 saturated carbocycles. The third kappa shape index (κ3) is 4.81. The lowest BCUT2D eigenvalue weighted by Crippen LogP contribution is -2.39. The van der Waals surface area contributed by atoms with Gasteiger partial charge in [-0.1, -0.05) is 98.9 Å². The number of fused-ring (bicyclic) bond motifs is 1. The molecular weight excluding hydrogens is 378 g/mol. The third-order valence-electron chi connectivity index (χ3n) is 6.35. The van der Waals surface area contributed by atoms with Crippen LogP contribution in [0.2, 0.25) is 0 Å². The van der Waals surface area contributed by atoms with Crippen molar-refractivity contribution in [2.24, 2.45) is 5.92 Å². The van der Waals surface area contributed by atoms with Gasteiger partial charge in [0.1, 0.15) is 0 Å². The molecule has 0 N–H and O–H groups in total.